The number of methoxy groups -OCH3 is 5. The van der Waals surface area contributed by atoms with Crippen molar-refractivity contribution in [1.82, 2.24) is 0 Å². The van der Waals surface area contributed by atoms with Gasteiger partial charge in [-0.3, -0.25) is 24.0 Å². The Hall–Kier alpha value is -9.93. The first kappa shape index (κ1) is 93.3. The third kappa shape index (κ3) is 38.6. The average molecular weight is 1510 g/mol. The van der Waals surface area contributed by atoms with E-state index in [4.69, 9.17) is 66.3 Å². The van der Waals surface area contributed by atoms with Crippen LogP contribution < -0.4 is 28.4 Å². The topological polar surface area (TPSA) is 249 Å². The number of unbranched alkanes of at least 4 members (excludes halogenated alkanes) is 10. The van der Waals surface area contributed by atoms with E-state index in [2.05, 4.69) is 53.7 Å². The summed E-state index contributed by atoms with van der Waals surface area (Å²) in [6.07, 6.45) is 12.2. The normalized spacial score (nSPS) is 10.8. The maximum atomic E-state index is 11.9. The van der Waals surface area contributed by atoms with Gasteiger partial charge < -0.3 is 66.3 Å². The first-order valence-electron chi connectivity index (χ1n) is 36.8. The zero-order valence-corrected chi connectivity index (χ0v) is 66.9. The lowest BCUT2D eigenvalue weighted by Gasteiger charge is -2.26. The molecule has 0 amide bonds. The Morgan fingerprint density at radius 3 is 0.752 bits per heavy atom. The molecule has 0 spiro atoms. The summed E-state index contributed by atoms with van der Waals surface area (Å²) in [5.41, 5.74) is 7.98. The molecule has 0 aliphatic rings. The predicted octanol–water partition coefficient (Wildman–Crippen LogP) is 18.9. The van der Waals surface area contributed by atoms with Gasteiger partial charge in [0.2, 0.25) is 0 Å². The van der Waals surface area contributed by atoms with Gasteiger partial charge in [0.15, 0.2) is 0 Å². The largest absolute Gasteiger partial charge is 0.513 e. The van der Waals surface area contributed by atoms with Crippen LogP contribution in [0, 0.1) is 0 Å². The van der Waals surface area contributed by atoms with Crippen molar-refractivity contribution in [2.24, 2.45) is 0 Å². The summed E-state index contributed by atoms with van der Waals surface area (Å²) in [6.45, 7) is 23.7. The van der Waals surface area contributed by atoms with E-state index in [1.165, 1.54) is 92.2 Å². The molecular formula is C88H116O21. The molecule has 109 heavy (non-hydrogen) atoms. The van der Waals surface area contributed by atoms with Crippen LogP contribution in [0.5, 0.6) is 34.5 Å². The number of ether oxygens (including phenoxy) is 14. The van der Waals surface area contributed by atoms with Crippen LogP contribution >= 0.6 is 0 Å². The lowest BCUT2D eigenvalue weighted by atomic mass is 9.78. The van der Waals surface area contributed by atoms with Crippen LogP contribution in [-0.4, -0.2) is 117 Å². The molecule has 7 aromatic rings. The van der Waals surface area contributed by atoms with Crippen molar-refractivity contribution < 1.29 is 99.9 Å². The van der Waals surface area contributed by atoms with Crippen molar-refractivity contribution >= 4 is 42.2 Å². The van der Waals surface area contributed by atoms with Crippen molar-refractivity contribution in [3.05, 3.63) is 214 Å². The smallest absolute Gasteiger partial charge is 0.497 e. The highest BCUT2D eigenvalue weighted by Crippen LogP contribution is 2.37. The molecule has 7 rings (SSSR count). The van der Waals surface area contributed by atoms with Gasteiger partial charge in [0.25, 0.3) is 0 Å². The summed E-state index contributed by atoms with van der Waals surface area (Å²) in [5, 5.41) is 0. The van der Waals surface area contributed by atoms with Gasteiger partial charge in [-0.1, -0.05) is 184 Å². The number of rotatable bonds is 37. The number of benzene rings is 7. The van der Waals surface area contributed by atoms with E-state index >= 15 is 0 Å². The first-order valence-corrected chi connectivity index (χ1v) is 36.8. The van der Waals surface area contributed by atoms with Crippen LogP contribution in [-0.2, 0) is 91.3 Å². The van der Waals surface area contributed by atoms with Crippen molar-refractivity contribution in [2.45, 2.75) is 183 Å². The van der Waals surface area contributed by atoms with E-state index in [1.54, 1.807) is 77.0 Å². The Balaban J connectivity index is 0.000000364. The van der Waals surface area contributed by atoms with Crippen molar-refractivity contribution in [1.29, 1.82) is 0 Å². The fraction of sp³-hybridized carbons (Fsp3) is 0.443. The quantitative estimate of drug-likeness (QED) is 0.0115. The number of carbonyl (C=O) groups is 7. The Morgan fingerprint density at radius 1 is 0.239 bits per heavy atom. The van der Waals surface area contributed by atoms with Crippen molar-refractivity contribution in [2.75, 3.05) is 75.2 Å². The Bertz CT molecular complexity index is 3720. The molecule has 0 aliphatic heterocycles. The van der Waals surface area contributed by atoms with E-state index in [0.29, 0.717) is 61.8 Å². The molecule has 0 unspecified atom stereocenters. The van der Waals surface area contributed by atoms with Crippen molar-refractivity contribution in [3.8, 4) is 34.5 Å². The van der Waals surface area contributed by atoms with Crippen LogP contribution in [0.1, 0.15) is 198 Å². The molecule has 0 bridgehead atoms. The van der Waals surface area contributed by atoms with Gasteiger partial charge in [-0.25, -0.2) is 9.59 Å². The standard InChI is InChI=1S/C25H32O6.C21H24O6.C18H20O3.C13H26O3.C11H14O3/c1-19(26)30-22-13-9-20(10-14-22)25(2,3)21-11-15-23(16-12-21)31-24(27)29-18-8-6-5-7-17-28-4;1-15(22)26-18-9-5-16(6-10-18)21(2,3)17-7-11-19(12-8-17)27-20(23)25-14-13-24-4;1-13(19)21-17-11-7-15(8-12-17)18(2,3)14-5-9-16(20-4)10-6-14;1-13(14)16-12-10-8-6-4-3-5-7-9-11-15-2;1-9(12)14-8-11-5-3-10(4-6-11)7-13-2/h9-16H,5-8,17-18H2,1-4H3;5-12H,13-14H2,1-4H3;5-12H,1-4H3;3-12H2,1-2H3;3-6H,7-8H2,1-2H3. The minimum Gasteiger partial charge on any atom is -0.497 e. The highest BCUT2D eigenvalue weighted by atomic mass is 16.7. The van der Waals surface area contributed by atoms with Crippen LogP contribution in [0.4, 0.5) is 9.59 Å². The maximum absolute atomic E-state index is 11.9. The second-order valence-electron chi connectivity index (χ2n) is 27.0. The molecule has 21 nitrogen and oxygen atoms in total. The maximum Gasteiger partial charge on any atom is 0.513 e. The zero-order chi connectivity index (χ0) is 80.5. The molecule has 0 heterocycles. The fourth-order valence-corrected chi connectivity index (χ4v) is 10.7. The Morgan fingerprint density at radius 2 is 0.486 bits per heavy atom. The van der Waals surface area contributed by atoms with Crippen LogP contribution in [0.15, 0.2) is 170 Å². The van der Waals surface area contributed by atoms with Crippen molar-refractivity contribution in [3.63, 3.8) is 0 Å². The fourth-order valence-electron chi connectivity index (χ4n) is 10.7. The molecule has 21 heteroatoms. The van der Waals surface area contributed by atoms with E-state index in [9.17, 15) is 33.6 Å². The molecular weight excluding hydrogens is 1390 g/mol. The number of carbonyl (C=O) groups excluding carboxylic acids is 7. The third-order valence-electron chi connectivity index (χ3n) is 17.2. The molecule has 7 aromatic carbocycles. The summed E-state index contributed by atoms with van der Waals surface area (Å²) in [4.78, 5) is 77.5. The molecule has 0 aliphatic carbocycles. The van der Waals surface area contributed by atoms with Gasteiger partial charge in [-0.05, 0) is 149 Å². The number of hydrogen-bond donors (Lipinski definition) is 0. The summed E-state index contributed by atoms with van der Waals surface area (Å²) in [6, 6.07) is 52.9. The highest BCUT2D eigenvalue weighted by Gasteiger charge is 2.26. The summed E-state index contributed by atoms with van der Waals surface area (Å²) in [7, 11) is 8.29. The van der Waals surface area contributed by atoms with E-state index in [0.717, 1.165) is 90.0 Å². The molecule has 0 fully saturated rings. The van der Waals surface area contributed by atoms with Gasteiger partial charge in [0.05, 0.1) is 33.5 Å². The third-order valence-corrected chi connectivity index (χ3v) is 17.2. The Labute approximate surface area is 645 Å². The van der Waals surface area contributed by atoms with Gasteiger partial charge in [-0.15, -0.1) is 0 Å². The second kappa shape index (κ2) is 52.2. The summed E-state index contributed by atoms with van der Waals surface area (Å²) >= 11 is 0. The second-order valence-corrected chi connectivity index (χ2v) is 27.0. The summed E-state index contributed by atoms with van der Waals surface area (Å²) < 4.78 is 70.3. The van der Waals surface area contributed by atoms with Gasteiger partial charge >= 0.3 is 42.2 Å². The Kier molecular flexibility index (Phi) is 44.7. The molecule has 0 aromatic heterocycles. The highest BCUT2D eigenvalue weighted by molar-refractivity contribution is 5.71. The molecule has 0 saturated heterocycles. The minimum atomic E-state index is -0.764. The van der Waals surface area contributed by atoms with Crippen LogP contribution in [0.2, 0.25) is 0 Å². The van der Waals surface area contributed by atoms with E-state index in [1.807, 2.05) is 109 Å². The molecule has 0 atom stereocenters. The average Bonchev–Trinajstić information content (AvgIpc) is 0.815. The van der Waals surface area contributed by atoms with Crippen LogP contribution in [0.25, 0.3) is 0 Å². The predicted molar refractivity (Wildman–Crippen MR) is 420 cm³/mol. The summed E-state index contributed by atoms with van der Waals surface area (Å²) in [5.74, 6) is 1.86. The van der Waals surface area contributed by atoms with Gasteiger partial charge in [0, 0.05) is 92.5 Å². The van der Waals surface area contributed by atoms with E-state index < -0.39 is 12.3 Å². The van der Waals surface area contributed by atoms with Gasteiger partial charge in [-0.2, -0.15) is 0 Å². The molecule has 0 N–H and O–H groups in total. The van der Waals surface area contributed by atoms with E-state index in [-0.39, 0.29) is 52.7 Å². The lowest BCUT2D eigenvalue weighted by molar-refractivity contribution is -0.142. The van der Waals surface area contributed by atoms with Crippen LogP contribution in [0.3, 0.4) is 0 Å². The van der Waals surface area contributed by atoms with Gasteiger partial charge in [0.1, 0.15) is 47.7 Å². The molecule has 0 saturated carbocycles. The monoisotopic (exact) mass is 1510 g/mol. The zero-order valence-electron chi connectivity index (χ0n) is 66.9. The lowest BCUT2D eigenvalue weighted by Crippen LogP contribution is -2.19. The molecule has 0 radical (unpaired) electrons. The minimum absolute atomic E-state index is 0.138. The number of hydrogen-bond acceptors (Lipinski definition) is 21. The number of esters is 5. The molecule has 594 valence electrons. The SMILES string of the molecule is COCCCCCCCCCCOC(C)=O.COCCCCCCOC(=O)Oc1ccc(C(C)(C)c2ccc(OC(C)=O)cc2)cc1.COCCOC(=O)Oc1ccc(C(C)(C)c2ccc(OC(C)=O)cc2)cc1.COCc1ccc(COC(C)=O)cc1.COc1ccc(C(C)(C)c2ccc(OC(C)=O)cc2)cc1. The first-order chi connectivity index (χ1) is 52.1.